The van der Waals surface area contributed by atoms with Crippen molar-refractivity contribution in [1.29, 1.82) is 0 Å². The monoisotopic (exact) mass is 208 g/mol. The Kier molecular flexibility index (Phi) is 8.63. The minimum Gasteiger partial charge on any atom is -0.785 e. The van der Waals surface area contributed by atoms with E-state index in [4.69, 9.17) is 0 Å². The maximum absolute atomic E-state index is 10.6. The van der Waals surface area contributed by atoms with E-state index < -0.39 is 11.4 Å². The van der Waals surface area contributed by atoms with Crippen molar-refractivity contribution in [3.63, 3.8) is 0 Å². The molecule has 0 radical (unpaired) electrons. The van der Waals surface area contributed by atoms with Gasteiger partial charge in [0.1, 0.15) is 6.57 Å². The van der Waals surface area contributed by atoms with Gasteiger partial charge in [-0.3, -0.25) is 4.79 Å². The quantitative estimate of drug-likeness (QED) is 0.403. The number of hydrogen-bond acceptors (Lipinski definition) is 5. The molecule has 0 aliphatic carbocycles. The van der Waals surface area contributed by atoms with Crippen molar-refractivity contribution < 1.29 is 43.8 Å². The molecule has 0 fully saturated rings. The summed E-state index contributed by atoms with van der Waals surface area (Å²) in [5, 5.41) is 0. The first-order chi connectivity index (χ1) is 4.04. The summed E-state index contributed by atoms with van der Waals surface area (Å²) in [7, 11) is 0. The fourth-order valence-electron chi connectivity index (χ4n) is 0.186. The van der Waals surface area contributed by atoms with E-state index in [1.807, 2.05) is 0 Å². The summed E-state index contributed by atoms with van der Waals surface area (Å²) < 4.78 is 10.6. The molecule has 7 heteroatoms. The fraction of sp³-hybridized carbons (Fsp3) is 0.667. The van der Waals surface area contributed by atoms with Crippen molar-refractivity contribution in [2.24, 2.45) is 0 Å². The molecule has 0 aromatic carbocycles. The Morgan fingerprint density at radius 1 is 1.50 bits per heavy atom. The maximum Gasteiger partial charge on any atom is 1.00 e. The van der Waals surface area contributed by atoms with Crippen molar-refractivity contribution >= 4 is 34.6 Å². The van der Waals surface area contributed by atoms with E-state index in [0.29, 0.717) is 11.4 Å². The molecule has 54 valence electrons. The number of carbonyl (C=O) groups excluding carboxylic acids is 1. The van der Waals surface area contributed by atoms with E-state index in [-0.39, 0.29) is 29.6 Å². The molecule has 0 aliphatic heterocycles. The maximum atomic E-state index is 10.6. The van der Waals surface area contributed by atoms with Crippen LogP contribution in [0.2, 0.25) is 0 Å². The summed E-state index contributed by atoms with van der Waals surface area (Å²) in [5.74, 6) is 0. The fourth-order valence-corrected chi connectivity index (χ4v) is 3.02. The molecule has 0 saturated heterocycles. The first-order valence-corrected chi connectivity index (χ1v) is 6.68. The van der Waals surface area contributed by atoms with Crippen LogP contribution in [-0.2, 0) is 4.57 Å². The van der Waals surface area contributed by atoms with Crippen LogP contribution in [0.15, 0.2) is 0 Å². The molecular weight excluding hydrogens is 202 g/mol. The molecule has 0 bridgehead atoms. The molecule has 0 heterocycles. The average Bonchev–Trinajstić information content (AvgIpc) is 1.86. The summed E-state index contributed by atoms with van der Waals surface area (Å²) in [4.78, 5) is 20.2. The molecule has 0 aliphatic rings. The second-order valence-electron chi connectivity index (χ2n) is 1.15. The summed E-state index contributed by atoms with van der Waals surface area (Å²) in [6.07, 6.45) is 2.82. The molecule has 1 atom stereocenters. The van der Waals surface area contributed by atoms with Crippen molar-refractivity contribution in [3.8, 4) is 0 Å². The number of carbonyl (C=O) groups is 1. The van der Waals surface area contributed by atoms with E-state index in [1.165, 1.54) is 12.5 Å². The van der Waals surface area contributed by atoms with Crippen LogP contribution in [0, 0.1) is 0 Å². The minimum atomic E-state index is -3.77. The molecule has 0 aromatic heterocycles. The van der Waals surface area contributed by atoms with Gasteiger partial charge in [-0.1, -0.05) is 11.8 Å². The third kappa shape index (κ3) is 4.44. The van der Waals surface area contributed by atoms with E-state index in [1.54, 1.807) is 0 Å². The largest absolute Gasteiger partial charge is 1.00 e. The Hall–Kier alpha value is 1.56. The van der Waals surface area contributed by atoms with Gasteiger partial charge in [0.05, 0.1) is 0 Å². The van der Waals surface area contributed by atoms with Crippen molar-refractivity contribution in [3.05, 3.63) is 0 Å². The smallest absolute Gasteiger partial charge is 0.785 e. The van der Waals surface area contributed by atoms with Crippen LogP contribution in [0.4, 0.5) is 4.79 Å². The van der Waals surface area contributed by atoms with E-state index in [2.05, 4.69) is 0 Å². The molecule has 0 saturated carbocycles. The first kappa shape index (κ1) is 14.1. The number of hydrogen-bond donors (Lipinski definition) is 0. The first-order valence-electron chi connectivity index (χ1n) is 2.00. The molecule has 0 spiro atoms. The standard InChI is InChI=1S/C3H7O3PS2.Na/c1-8-3(4)7(5,6)9-2;/h1-2H3,(H,5,6);/q;+1/p-1. The Morgan fingerprint density at radius 3 is 2.00 bits per heavy atom. The van der Waals surface area contributed by atoms with Crippen LogP contribution in [0.25, 0.3) is 0 Å². The van der Waals surface area contributed by atoms with Gasteiger partial charge in [-0.15, -0.1) is 11.4 Å². The predicted molar refractivity (Wildman–Crippen MR) is 40.0 cm³/mol. The predicted octanol–water partition coefficient (Wildman–Crippen LogP) is -1.61. The SMILES string of the molecule is CSC(=O)P(=O)([O-])SC.[Na+]. The summed E-state index contributed by atoms with van der Waals surface area (Å²) >= 11 is 1.31. The van der Waals surface area contributed by atoms with Gasteiger partial charge in [-0.2, -0.15) is 0 Å². The Labute approximate surface area is 90.2 Å². The Balaban J connectivity index is 0. The van der Waals surface area contributed by atoms with Crippen LogP contribution in [0.1, 0.15) is 0 Å². The zero-order valence-corrected chi connectivity index (χ0v) is 10.5. The van der Waals surface area contributed by atoms with E-state index in [9.17, 15) is 14.3 Å². The van der Waals surface area contributed by atoms with Gasteiger partial charge in [-0.25, -0.2) is 0 Å². The molecular formula is C3H6NaO3PS2. The number of thioether (sulfide) groups is 1. The normalized spacial score (nSPS) is 15.1. The third-order valence-corrected chi connectivity index (χ3v) is 5.47. The molecule has 0 amide bonds. The molecule has 0 rings (SSSR count). The molecule has 10 heavy (non-hydrogen) atoms. The van der Waals surface area contributed by atoms with Crippen LogP contribution < -0.4 is 34.5 Å². The summed E-state index contributed by atoms with van der Waals surface area (Å²) in [5.41, 5.74) is 0. The van der Waals surface area contributed by atoms with E-state index in [0.717, 1.165) is 11.8 Å². The Bertz CT molecular complexity index is 162. The Morgan fingerprint density at radius 2 is 1.90 bits per heavy atom. The topological polar surface area (TPSA) is 57.2 Å². The second kappa shape index (κ2) is 6.12. The van der Waals surface area contributed by atoms with Gasteiger partial charge in [0.2, 0.25) is 4.86 Å². The summed E-state index contributed by atoms with van der Waals surface area (Å²) in [6, 6.07) is 0. The second-order valence-corrected chi connectivity index (χ2v) is 6.54. The zero-order valence-electron chi connectivity index (χ0n) is 5.99. The van der Waals surface area contributed by atoms with Crippen LogP contribution in [0.3, 0.4) is 0 Å². The molecule has 0 aromatic rings. The molecule has 1 unspecified atom stereocenters. The third-order valence-electron chi connectivity index (χ3n) is 0.639. The molecule has 0 N–H and O–H groups in total. The van der Waals surface area contributed by atoms with Gasteiger partial charge < -0.3 is 9.46 Å². The van der Waals surface area contributed by atoms with Crippen molar-refractivity contribution in [2.45, 2.75) is 0 Å². The zero-order chi connectivity index (χ0) is 7.49. The van der Waals surface area contributed by atoms with Gasteiger partial charge >= 0.3 is 29.6 Å². The van der Waals surface area contributed by atoms with Gasteiger partial charge in [0.15, 0.2) is 0 Å². The minimum absolute atomic E-state index is 0. The molecule has 3 nitrogen and oxygen atoms in total. The van der Waals surface area contributed by atoms with Gasteiger partial charge in [0, 0.05) is 0 Å². The van der Waals surface area contributed by atoms with Crippen molar-refractivity contribution in [2.75, 3.05) is 12.5 Å². The van der Waals surface area contributed by atoms with Crippen molar-refractivity contribution in [1.82, 2.24) is 0 Å². The van der Waals surface area contributed by atoms with Gasteiger partial charge in [0.25, 0.3) is 0 Å². The van der Waals surface area contributed by atoms with Crippen LogP contribution >= 0.6 is 29.7 Å². The summed E-state index contributed by atoms with van der Waals surface area (Å²) in [6.45, 7) is -3.77. The van der Waals surface area contributed by atoms with Crippen LogP contribution in [-0.4, -0.2) is 17.4 Å². The van der Waals surface area contributed by atoms with Crippen LogP contribution in [0.5, 0.6) is 0 Å². The van der Waals surface area contributed by atoms with Gasteiger partial charge in [-0.05, 0) is 12.5 Å². The van der Waals surface area contributed by atoms with E-state index >= 15 is 0 Å². The average molecular weight is 208 g/mol. The number of rotatable bonds is 2.